The van der Waals surface area contributed by atoms with Gasteiger partial charge in [0, 0.05) is 18.2 Å². The van der Waals surface area contributed by atoms with Gasteiger partial charge in [0.15, 0.2) is 5.78 Å². The fourth-order valence-electron chi connectivity index (χ4n) is 4.03. The molecule has 4 nitrogen and oxygen atoms in total. The molecule has 0 heterocycles. The van der Waals surface area contributed by atoms with Crippen molar-refractivity contribution in [2.75, 3.05) is 13.6 Å². The van der Waals surface area contributed by atoms with Crippen LogP contribution in [-0.4, -0.2) is 36.3 Å². The number of esters is 1. The third-order valence-corrected chi connectivity index (χ3v) is 6.16. The van der Waals surface area contributed by atoms with Crippen molar-refractivity contribution in [1.29, 1.82) is 0 Å². The molecule has 0 spiro atoms. The highest BCUT2D eigenvalue weighted by molar-refractivity contribution is 6.03. The number of ether oxygens (including phenoxy) is 1. The Bertz CT molecular complexity index is 806. The second-order valence-electron chi connectivity index (χ2n) is 8.39. The number of carbonyl (C=O) groups excluding carboxylic acids is 2. The Hall–Kier alpha value is -2.20. The summed E-state index contributed by atoms with van der Waals surface area (Å²) in [5.74, 6) is 1.02. The van der Waals surface area contributed by atoms with Crippen molar-refractivity contribution in [2.45, 2.75) is 57.9 Å². The number of Topliss-reactive ketones (excluding diaryl/α,β-unsaturated/α-hetero) is 1. The molecule has 0 aliphatic heterocycles. The Morgan fingerprint density at radius 1 is 1.32 bits per heavy atom. The van der Waals surface area contributed by atoms with E-state index in [9.17, 15) is 9.59 Å². The minimum atomic E-state index is -0.416. The number of benzene rings is 1. The summed E-state index contributed by atoms with van der Waals surface area (Å²) in [6.07, 6.45) is 11.0. The SMILES string of the molecule is C/C=C/C=C/C(=O)Oc1ccc2c(c1)[C@](C)(CC)C[C@H](N(C)CC1CC1)C2=O. The first kappa shape index (κ1) is 20.5. The largest absolute Gasteiger partial charge is 0.423 e. The summed E-state index contributed by atoms with van der Waals surface area (Å²) < 4.78 is 5.45. The normalized spacial score (nSPS) is 24.9. The van der Waals surface area contributed by atoms with Crippen molar-refractivity contribution < 1.29 is 14.3 Å². The zero-order chi connectivity index (χ0) is 20.3. The molecule has 0 aromatic heterocycles. The summed E-state index contributed by atoms with van der Waals surface area (Å²) >= 11 is 0. The standard InChI is InChI=1S/C24H31NO3/c1-5-7-8-9-22(26)28-18-12-13-19-20(14-18)24(3,6-2)15-21(23(19)27)25(4)16-17-10-11-17/h5,7-9,12-14,17,21H,6,10-11,15-16H2,1-4H3/b7-5+,9-8+/t21-,24+/m0/s1. The van der Waals surface area contributed by atoms with Crippen molar-refractivity contribution in [2.24, 2.45) is 5.92 Å². The van der Waals surface area contributed by atoms with Crippen LogP contribution in [0.2, 0.25) is 0 Å². The van der Waals surface area contributed by atoms with Crippen LogP contribution >= 0.6 is 0 Å². The zero-order valence-electron chi connectivity index (χ0n) is 17.4. The molecule has 0 unspecified atom stereocenters. The first-order valence-corrected chi connectivity index (χ1v) is 10.3. The summed E-state index contributed by atoms with van der Waals surface area (Å²) in [6, 6.07) is 5.38. The Labute approximate surface area is 168 Å². The van der Waals surface area contributed by atoms with E-state index in [1.807, 2.05) is 25.1 Å². The Morgan fingerprint density at radius 3 is 2.71 bits per heavy atom. The average molecular weight is 382 g/mol. The molecule has 0 N–H and O–H groups in total. The van der Waals surface area contributed by atoms with E-state index in [-0.39, 0.29) is 17.2 Å². The predicted molar refractivity (Wildman–Crippen MR) is 112 cm³/mol. The lowest BCUT2D eigenvalue weighted by Crippen LogP contribution is -2.48. The van der Waals surface area contributed by atoms with Crippen molar-refractivity contribution in [3.63, 3.8) is 0 Å². The number of allylic oxidation sites excluding steroid dienone is 3. The summed E-state index contributed by atoms with van der Waals surface area (Å²) in [5.41, 5.74) is 1.65. The van der Waals surface area contributed by atoms with E-state index in [1.165, 1.54) is 18.9 Å². The first-order chi connectivity index (χ1) is 13.4. The molecule has 0 amide bonds. The predicted octanol–water partition coefficient (Wildman–Crippen LogP) is 4.69. The molecule has 1 fully saturated rings. The molecule has 1 saturated carbocycles. The van der Waals surface area contributed by atoms with Gasteiger partial charge in [0.2, 0.25) is 0 Å². The number of carbonyl (C=O) groups is 2. The molecule has 1 aromatic rings. The second-order valence-corrected chi connectivity index (χ2v) is 8.39. The van der Waals surface area contributed by atoms with E-state index in [1.54, 1.807) is 18.2 Å². The van der Waals surface area contributed by atoms with E-state index in [0.29, 0.717) is 5.75 Å². The minimum absolute atomic E-state index is 0.0739. The highest BCUT2D eigenvalue weighted by Crippen LogP contribution is 2.43. The van der Waals surface area contributed by atoms with Gasteiger partial charge in [-0.1, -0.05) is 32.1 Å². The second kappa shape index (κ2) is 8.44. The van der Waals surface area contributed by atoms with Crippen LogP contribution < -0.4 is 4.74 Å². The number of nitrogens with zero attached hydrogens (tertiary/aromatic N) is 1. The van der Waals surface area contributed by atoms with Gasteiger partial charge in [0.05, 0.1) is 6.04 Å². The molecule has 3 rings (SSSR count). The Morgan fingerprint density at radius 2 is 2.07 bits per heavy atom. The maximum Gasteiger partial charge on any atom is 0.336 e. The van der Waals surface area contributed by atoms with E-state index in [2.05, 4.69) is 25.8 Å². The van der Waals surface area contributed by atoms with Crippen LogP contribution in [-0.2, 0) is 10.2 Å². The summed E-state index contributed by atoms with van der Waals surface area (Å²) in [5, 5.41) is 0. The molecule has 4 heteroatoms. The van der Waals surface area contributed by atoms with Crippen LogP contribution in [0.15, 0.2) is 42.5 Å². The van der Waals surface area contributed by atoms with Gasteiger partial charge in [-0.25, -0.2) is 4.79 Å². The lowest BCUT2D eigenvalue weighted by Gasteiger charge is -2.42. The lowest BCUT2D eigenvalue weighted by atomic mass is 9.67. The molecule has 0 bridgehead atoms. The van der Waals surface area contributed by atoms with Crippen molar-refractivity contribution in [3.8, 4) is 5.75 Å². The van der Waals surface area contributed by atoms with Crippen LogP contribution in [0.5, 0.6) is 5.75 Å². The van der Waals surface area contributed by atoms with Crippen molar-refractivity contribution in [1.82, 2.24) is 4.90 Å². The summed E-state index contributed by atoms with van der Waals surface area (Å²) in [4.78, 5) is 27.4. The molecule has 0 radical (unpaired) electrons. The number of hydrogen-bond donors (Lipinski definition) is 0. The summed E-state index contributed by atoms with van der Waals surface area (Å²) in [7, 11) is 2.08. The van der Waals surface area contributed by atoms with Crippen LogP contribution in [0.25, 0.3) is 0 Å². The molecular weight excluding hydrogens is 350 g/mol. The van der Waals surface area contributed by atoms with E-state index in [4.69, 9.17) is 4.74 Å². The Kier molecular flexibility index (Phi) is 6.19. The van der Waals surface area contributed by atoms with Crippen LogP contribution in [0, 0.1) is 5.92 Å². The fraction of sp³-hybridized carbons (Fsp3) is 0.500. The highest BCUT2D eigenvalue weighted by Gasteiger charge is 2.42. The van der Waals surface area contributed by atoms with E-state index in [0.717, 1.165) is 36.4 Å². The lowest BCUT2D eigenvalue weighted by molar-refractivity contribution is -0.129. The number of rotatable bonds is 7. The fourth-order valence-corrected chi connectivity index (χ4v) is 4.03. The average Bonchev–Trinajstić information content (AvgIpc) is 3.49. The maximum atomic E-state index is 13.2. The molecule has 2 atom stereocenters. The van der Waals surface area contributed by atoms with Gasteiger partial charge in [-0.05, 0) is 74.8 Å². The van der Waals surface area contributed by atoms with Gasteiger partial charge in [-0.15, -0.1) is 0 Å². The topological polar surface area (TPSA) is 46.6 Å². The smallest absolute Gasteiger partial charge is 0.336 e. The molecule has 2 aliphatic rings. The molecule has 0 saturated heterocycles. The number of fused-ring (bicyclic) bond motifs is 1. The molecule has 1 aromatic carbocycles. The van der Waals surface area contributed by atoms with E-state index < -0.39 is 5.97 Å². The quantitative estimate of drug-likeness (QED) is 0.298. The van der Waals surface area contributed by atoms with Crippen molar-refractivity contribution >= 4 is 11.8 Å². The van der Waals surface area contributed by atoms with Gasteiger partial charge in [0.1, 0.15) is 5.75 Å². The zero-order valence-corrected chi connectivity index (χ0v) is 17.4. The molecular formula is C24H31NO3. The Balaban J connectivity index is 1.85. The van der Waals surface area contributed by atoms with Gasteiger partial charge >= 0.3 is 5.97 Å². The van der Waals surface area contributed by atoms with Gasteiger partial charge in [0.25, 0.3) is 0 Å². The monoisotopic (exact) mass is 381 g/mol. The third kappa shape index (κ3) is 4.44. The molecule has 2 aliphatic carbocycles. The van der Waals surface area contributed by atoms with Crippen LogP contribution in [0.1, 0.15) is 62.4 Å². The first-order valence-electron chi connectivity index (χ1n) is 10.3. The van der Waals surface area contributed by atoms with Gasteiger partial charge in [-0.3, -0.25) is 9.69 Å². The van der Waals surface area contributed by atoms with E-state index >= 15 is 0 Å². The van der Waals surface area contributed by atoms with Crippen molar-refractivity contribution in [3.05, 3.63) is 53.6 Å². The number of hydrogen-bond acceptors (Lipinski definition) is 4. The molecule has 28 heavy (non-hydrogen) atoms. The third-order valence-electron chi connectivity index (χ3n) is 6.16. The minimum Gasteiger partial charge on any atom is -0.423 e. The maximum absolute atomic E-state index is 13.2. The molecule has 150 valence electrons. The number of ketones is 1. The number of likely N-dealkylation sites (N-methyl/N-ethyl adjacent to an activating group) is 1. The van der Waals surface area contributed by atoms with Crippen LogP contribution in [0.4, 0.5) is 0 Å². The highest BCUT2D eigenvalue weighted by atomic mass is 16.5. The summed E-state index contributed by atoms with van der Waals surface area (Å²) in [6.45, 7) is 7.26. The van der Waals surface area contributed by atoms with Crippen LogP contribution in [0.3, 0.4) is 0 Å². The van der Waals surface area contributed by atoms with Gasteiger partial charge in [-0.2, -0.15) is 0 Å². The van der Waals surface area contributed by atoms with Gasteiger partial charge < -0.3 is 4.74 Å².